The minimum absolute atomic E-state index is 0.0663. The van der Waals surface area contributed by atoms with Gasteiger partial charge in [-0.3, -0.25) is 4.79 Å². The maximum absolute atomic E-state index is 10.9. The predicted molar refractivity (Wildman–Crippen MR) is 48.4 cm³/mol. The third-order valence-corrected chi connectivity index (χ3v) is 1.52. The van der Waals surface area contributed by atoms with Crippen LogP contribution in [0.1, 0.15) is 24.2 Å². The number of carbonyl (C=O) groups is 1. The zero-order valence-electron chi connectivity index (χ0n) is 7.29. The van der Waals surface area contributed by atoms with Crippen LogP contribution in [0.3, 0.4) is 0 Å². The lowest BCUT2D eigenvalue weighted by molar-refractivity contribution is 0.101. The van der Waals surface area contributed by atoms with E-state index in [9.17, 15) is 4.79 Å². The summed E-state index contributed by atoms with van der Waals surface area (Å²) in [6, 6.07) is 3.47. The van der Waals surface area contributed by atoms with Crippen molar-refractivity contribution in [3.8, 4) is 0 Å². The van der Waals surface area contributed by atoms with E-state index in [4.69, 9.17) is 0 Å². The van der Waals surface area contributed by atoms with Crippen LogP contribution < -0.4 is 5.32 Å². The summed E-state index contributed by atoms with van der Waals surface area (Å²) < 4.78 is 0. The van der Waals surface area contributed by atoms with Crippen molar-refractivity contribution in [1.82, 2.24) is 4.98 Å². The number of nitrogens with one attached hydrogen (secondary N) is 1. The molecule has 0 radical (unpaired) electrons. The quantitative estimate of drug-likeness (QED) is 0.691. The first-order valence-electron chi connectivity index (χ1n) is 3.95. The molecule has 0 aliphatic carbocycles. The lowest BCUT2D eigenvalue weighted by Gasteiger charge is -2.02. The summed E-state index contributed by atoms with van der Waals surface area (Å²) in [5, 5.41) is 3.04. The number of anilines is 1. The Labute approximate surface area is 71.8 Å². The zero-order chi connectivity index (χ0) is 8.97. The van der Waals surface area contributed by atoms with E-state index in [0.29, 0.717) is 5.56 Å². The minimum Gasteiger partial charge on any atom is -0.370 e. The first kappa shape index (κ1) is 8.71. The molecule has 3 heteroatoms. The maximum atomic E-state index is 10.9. The van der Waals surface area contributed by atoms with E-state index in [2.05, 4.69) is 10.3 Å². The van der Waals surface area contributed by atoms with E-state index >= 15 is 0 Å². The normalized spacial score (nSPS) is 9.50. The number of rotatable bonds is 3. The molecule has 0 saturated heterocycles. The lowest BCUT2D eigenvalue weighted by Crippen LogP contribution is -2.01. The summed E-state index contributed by atoms with van der Waals surface area (Å²) in [6.45, 7) is 4.35. The summed E-state index contributed by atoms with van der Waals surface area (Å²) >= 11 is 0. The van der Waals surface area contributed by atoms with Crippen LogP contribution in [0.15, 0.2) is 18.3 Å². The second-order valence-electron chi connectivity index (χ2n) is 2.52. The molecule has 3 nitrogen and oxygen atoms in total. The van der Waals surface area contributed by atoms with Crippen molar-refractivity contribution in [2.45, 2.75) is 13.8 Å². The van der Waals surface area contributed by atoms with Crippen molar-refractivity contribution in [1.29, 1.82) is 0 Å². The van der Waals surface area contributed by atoms with Crippen LogP contribution in [-0.4, -0.2) is 17.3 Å². The number of hydrogen-bond donors (Lipinski definition) is 1. The van der Waals surface area contributed by atoms with Gasteiger partial charge in [-0.15, -0.1) is 0 Å². The van der Waals surface area contributed by atoms with Crippen LogP contribution >= 0.6 is 0 Å². The van der Waals surface area contributed by atoms with Gasteiger partial charge >= 0.3 is 0 Å². The number of aromatic nitrogens is 1. The van der Waals surface area contributed by atoms with Gasteiger partial charge < -0.3 is 5.32 Å². The Morgan fingerprint density at radius 3 is 3.00 bits per heavy atom. The molecular weight excluding hydrogens is 152 g/mol. The number of ketones is 1. The molecule has 1 rings (SSSR count). The average molecular weight is 164 g/mol. The first-order valence-corrected chi connectivity index (χ1v) is 3.95. The highest BCUT2D eigenvalue weighted by Crippen LogP contribution is 2.06. The fourth-order valence-corrected chi connectivity index (χ4v) is 0.927. The zero-order valence-corrected chi connectivity index (χ0v) is 7.29. The number of nitrogens with zero attached hydrogens (tertiary/aromatic N) is 1. The highest BCUT2D eigenvalue weighted by atomic mass is 16.1. The molecule has 0 amide bonds. The lowest BCUT2D eigenvalue weighted by atomic mass is 10.2. The highest BCUT2D eigenvalue weighted by molar-refractivity contribution is 5.94. The monoisotopic (exact) mass is 164 g/mol. The molecule has 1 aromatic rings. The SMILES string of the molecule is CCNc1cc(C(C)=O)ccn1. The fraction of sp³-hybridized carbons (Fsp3) is 0.333. The van der Waals surface area contributed by atoms with Crippen LogP contribution in [0.2, 0.25) is 0 Å². The molecule has 0 saturated carbocycles. The molecule has 0 fully saturated rings. The number of carbonyl (C=O) groups excluding carboxylic acids is 1. The summed E-state index contributed by atoms with van der Waals surface area (Å²) in [7, 11) is 0. The van der Waals surface area contributed by atoms with E-state index in [1.54, 1.807) is 25.3 Å². The summed E-state index contributed by atoms with van der Waals surface area (Å²) in [5.41, 5.74) is 0.695. The second kappa shape index (κ2) is 3.85. The Balaban J connectivity index is 2.88. The number of pyridine rings is 1. The van der Waals surface area contributed by atoms with E-state index in [0.717, 1.165) is 12.4 Å². The molecule has 0 aliphatic rings. The molecule has 0 aliphatic heterocycles. The van der Waals surface area contributed by atoms with Crippen LogP contribution in [0.25, 0.3) is 0 Å². The topological polar surface area (TPSA) is 42.0 Å². The molecule has 0 unspecified atom stereocenters. The van der Waals surface area contributed by atoms with Gasteiger partial charge in [-0.25, -0.2) is 4.98 Å². The van der Waals surface area contributed by atoms with Gasteiger partial charge in [-0.1, -0.05) is 0 Å². The van der Waals surface area contributed by atoms with E-state index in [1.165, 1.54) is 0 Å². The van der Waals surface area contributed by atoms with Gasteiger partial charge in [0.05, 0.1) is 0 Å². The average Bonchev–Trinajstić information content (AvgIpc) is 2.05. The van der Waals surface area contributed by atoms with Crippen LogP contribution in [0.4, 0.5) is 5.82 Å². The summed E-state index contributed by atoms with van der Waals surface area (Å²) in [4.78, 5) is 15.0. The van der Waals surface area contributed by atoms with Crippen molar-refractivity contribution in [2.24, 2.45) is 0 Å². The molecule has 0 spiro atoms. The Hall–Kier alpha value is -1.38. The number of hydrogen-bond acceptors (Lipinski definition) is 3. The van der Waals surface area contributed by atoms with E-state index in [1.807, 2.05) is 6.92 Å². The Morgan fingerprint density at radius 2 is 2.42 bits per heavy atom. The maximum Gasteiger partial charge on any atom is 0.159 e. The van der Waals surface area contributed by atoms with Crippen LogP contribution in [-0.2, 0) is 0 Å². The standard InChI is InChI=1S/C9H12N2O/c1-3-10-9-6-8(7(2)12)4-5-11-9/h4-6H,3H2,1-2H3,(H,10,11). The Morgan fingerprint density at radius 1 is 1.67 bits per heavy atom. The van der Waals surface area contributed by atoms with Gasteiger partial charge in [0, 0.05) is 18.3 Å². The van der Waals surface area contributed by atoms with Gasteiger partial charge in [-0.2, -0.15) is 0 Å². The molecule has 0 bridgehead atoms. The number of Topliss-reactive ketones (excluding diaryl/α,β-unsaturated/α-hetero) is 1. The molecule has 12 heavy (non-hydrogen) atoms. The second-order valence-corrected chi connectivity index (χ2v) is 2.52. The summed E-state index contributed by atoms with van der Waals surface area (Å²) in [5.74, 6) is 0.821. The molecule has 1 aromatic heterocycles. The first-order chi connectivity index (χ1) is 5.74. The molecular formula is C9H12N2O. The van der Waals surface area contributed by atoms with E-state index < -0.39 is 0 Å². The van der Waals surface area contributed by atoms with Crippen molar-refractivity contribution >= 4 is 11.6 Å². The Kier molecular flexibility index (Phi) is 2.80. The third kappa shape index (κ3) is 2.05. The van der Waals surface area contributed by atoms with Gasteiger partial charge in [0.1, 0.15) is 5.82 Å². The fourth-order valence-electron chi connectivity index (χ4n) is 0.927. The smallest absolute Gasteiger partial charge is 0.159 e. The van der Waals surface area contributed by atoms with Crippen molar-refractivity contribution in [3.63, 3.8) is 0 Å². The van der Waals surface area contributed by atoms with Crippen molar-refractivity contribution in [3.05, 3.63) is 23.9 Å². The third-order valence-electron chi connectivity index (χ3n) is 1.52. The molecule has 1 heterocycles. The Bertz CT molecular complexity index is 284. The van der Waals surface area contributed by atoms with Gasteiger partial charge in [-0.05, 0) is 26.0 Å². The van der Waals surface area contributed by atoms with Gasteiger partial charge in [0.2, 0.25) is 0 Å². The van der Waals surface area contributed by atoms with Crippen LogP contribution in [0, 0.1) is 0 Å². The predicted octanol–water partition coefficient (Wildman–Crippen LogP) is 1.72. The van der Waals surface area contributed by atoms with E-state index in [-0.39, 0.29) is 5.78 Å². The van der Waals surface area contributed by atoms with Gasteiger partial charge in [0.15, 0.2) is 5.78 Å². The minimum atomic E-state index is 0.0663. The molecule has 1 N–H and O–H groups in total. The summed E-state index contributed by atoms with van der Waals surface area (Å²) in [6.07, 6.45) is 1.63. The van der Waals surface area contributed by atoms with Crippen molar-refractivity contribution < 1.29 is 4.79 Å². The molecule has 0 atom stereocenters. The van der Waals surface area contributed by atoms with Crippen molar-refractivity contribution in [2.75, 3.05) is 11.9 Å². The highest BCUT2D eigenvalue weighted by Gasteiger charge is 1.99. The van der Waals surface area contributed by atoms with Crippen LogP contribution in [0.5, 0.6) is 0 Å². The largest absolute Gasteiger partial charge is 0.370 e. The molecule has 64 valence electrons. The van der Waals surface area contributed by atoms with Gasteiger partial charge in [0.25, 0.3) is 0 Å². The molecule has 0 aromatic carbocycles.